The second-order valence-electron chi connectivity index (χ2n) is 4.93. The summed E-state index contributed by atoms with van der Waals surface area (Å²) in [5.41, 5.74) is 0.135. The van der Waals surface area contributed by atoms with Gasteiger partial charge in [-0.15, -0.1) is 11.8 Å². The Morgan fingerprint density at radius 2 is 2.10 bits per heavy atom. The highest BCUT2D eigenvalue weighted by molar-refractivity contribution is 8.02. The van der Waals surface area contributed by atoms with Gasteiger partial charge in [-0.1, -0.05) is 0 Å². The van der Waals surface area contributed by atoms with Crippen molar-refractivity contribution in [3.8, 4) is 0 Å². The highest BCUT2D eigenvalue weighted by Crippen LogP contribution is 2.34. The van der Waals surface area contributed by atoms with Gasteiger partial charge in [-0.25, -0.2) is 0 Å². The average Bonchev–Trinajstić information content (AvgIpc) is 2.74. The lowest BCUT2D eigenvalue weighted by molar-refractivity contribution is -0.144. The standard InChI is InChI=1S/C11H14F3N3O2S/c1-10(2)4-7(16-19-10)20-5-6-8(11(12,13)14)17(3)15-9(6)18/h4,16H,5H2,1-3H3,(H,15,18). The van der Waals surface area contributed by atoms with Crippen molar-refractivity contribution in [3.05, 3.63) is 32.7 Å². The minimum absolute atomic E-state index is 0.0940. The summed E-state index contributed by atoms with van der Waals surface area (Å²) in [7, 11) is 1.16. The van der Waals surface area contributed by atoms with Crippen LogP contribution in [-0.4, -0.2) is 15.4 Å². The summed E-state index contributed by atoms with van der Waals surface area (Å²) < 4.78 is 39.4. The van der Waals surface area contributed by atoms with E-state index >= 15 is 0 Å². The molecule has 0 fully saturated rings. The molecule has 0 unspecified atom stereocenters. The van der Waals surface area contributed by atoms with Gasteiger partial charge in [-0.2, -0.15) is 13.2 Å². The van der Waals surface area contributed by atoms with Gasteiger partial charge in [0.25, 0.3) is 5.56 Å². The van der Waals surface area contributed by atoms with Crippen LogP contribution in [0.4, 0.5) is 13.2 Å². The molecule has 0 bridgehead atoms. The third-order valence-electron chi connectivity index (χ3n) is 2.70. The molecule has 112 valence electrons. The molecule has 1 aromatic heterocycles. The number of rotatable bonds is 3. The van der Waals surface area contributed by atoms with Crippen LogP contribution in [0.5, 0.6) is 0 Å². The Kier molecular flexibility index (Phi) is 3.67. The van der Waals surface area contributed by atoms with Gasteiger partial charge in [0, 0.05) is 12.8 Å². The van der Waals surface area contributed by atoms with Crippen molar-refractivity contribution >= 4 is 11.8 Å². The Morgan fingerprint density at radius 1 is 1.45 bits per heavy atom. The Balaban J connectivity index is 2.21. The molecule has 0 amide bonds. The van der Waals surface area contributed by atoms with Gasteiger partial charge in [-0.3, -0.25) is 24.9 Å². The zero-order valence-corrected chi connectivity index (χ0v) is 11.9. The number of hydroxylamine groups is 1. The molecular weight excluding hydrogens is 295 g/mol. The normalized spacial score (nSPS) is 18.0. The molecule has 2 heterocycles. The smallest absolute Gasteiger partial charge is 0.283 e. The third kappa shape index (κ3) is 3.04. The van der Waals surface area contributed by atoms with Crippen LogP contribution in [0.1, 0.15) is 25.1 Å². The summed E-state index contributed by atoms with van der Waals surface area (Å²) in [6, 6.07) is 0. The van der Waals surface area contributed by atoms with E-state index in [0.717, 1.165) is 18.8 Å². The Bertz CT molecular complexity index is 601. The number of hydrogen-bond donors (Lipinski definition) is 2. The van der Waals surface area contributed by atoms with E-state index in [0.29, 0.717) is 9.71 Å². The van der Waals surface area contributed by atoms with Crippen molar-refractivity contribution < 1.29 is 18.0 Å². The van der Waals surface area contributed by atoms with E-state index in [-0.39, 0.29) is 11.3 Å². The minimum atomic E-state index is -4.57. The van der Waals surface area contributed by atoms with E-state index in [9.17, 15) is 18.0 Å². The van der Waals surface area contributed by atoms with Gasteiger partial charge >= 0.3 is 6.18 Å². The van der Waals surface area contributed by atoms with Crippen LogP contribution in [0, 0.1) is 0 Å². The SMILES string of the molecule is Cn1[nH]c(=O)c(CSC2=CC(C)(C)ON2)c1C(F)(F)F. The number of thioether (sulfide) groups is 1. The molecule has 0 saturated heterocycles. The zero-order valence-electron chi connectivity index (χ0n) is 11.1. The first kappa shape index (κ1) is 15.0. The fraction of sp³-hybridized carbons (Fsp3) is 0.545. The van der Waals surface area contributed by atoms with Crippen LogP contribution in [-0.2, 0) is 23.8 Å². The van der Waals surface area contributed by atoms with Gasteiger partial charge in [-0.05, 0) is 19.9 Å². The molecule has 0 aromatic carbocycles. The second kappa shape index (κ2) is 4.88. The van der Waals surface area contributed by atoms with Crippen molar-refractivity contribution in [2.24, 2.45) is 7.05 Å². The number of aryl methyl sites for hydroxylation is 1. The number of alkyl halides is 3. The number of halogens is 3. The van der Waals surface area contributed by atoms with Crippen LogP contribution in [0.2, 0.25) is 0 Å². The highest BCUT2D eigenvalue weighted by atomic mass is 32.2. The lowest BCUT2D eigenvalue weighted by Gasteiger charge is -2.11. The number of hydrogen-bond acceptors (Lipinski definition) is 4. The van der Waals surface area contributed by atoms with Crippen LogP contribution in [0.3, 0.4) is 0 Å². The first-order valence-corrected chi connectivity index (χ1v) is 6.73. The van der Waals surface area contributed by atoms with Gasteiger partial charge in [0.1, 0.15) is 11.3 Å². The van der Waals surface area contributed by atoms with Gasteiger partial charge < -0.3 is 0 Å². The van der Waals surface area contributed by atoms with Crippen molar-refractivity contribution in [2.45, 2.75) is 31.4 Å². The van der Waals surface area contributed by atoms with Gasteiger partial charge in [0.15, 0.2) is 0 Å². The average molecular weight is 309 g/mol. The first-order chi connectivity index (χ1) is 9.10. The third-order valence-corrected chi connectivity index (χ3v) is 3.64. The molecule has 20 heavy (non-hydrogen) atoms. The van der Waals surface area contributed by atoms with Crippen LogP contribution >= 0.6 is 11.8 Å². The van der Waals surface area contributed by atoms with E-state index in [2.05, 4.69) is 10.6 Å². The van der Waals surface area contributed by atoms with E-state index in [4.69, 9.17) is 4.84 Å². The lowest BCUT2D eigenvalue weighted by Crippen LogP contribution is -2.20. The number of nitrogens with zero attached hydrogens (tertiary/aromatic N) is 1. The summed E-state index contributed by atoms with van der Waals surface area (Å²) in [6.45, 7) is 3.62. The molecule has 0 saturated carbocycles. The second-order valence-corrected chi connectivity index (χ2v) is 5.95. The summed E-state index contributed by atoms with van der Waals surface area (Å²) in [6.07, 6.45) is -2.82. The largest absolute Gasteiger partial charge is 0.433 e. The molecule has 0 aliphatic carbocycles. The minimum Gasteiger partial charge on any atom is -0.283 e. The van der Waals surface area contributed by atoms with Crippen LogP contribution in [0.15, 0.2) is 15.9 Å². The molecule has 9 heteroatoms. The topological polar surface area (TPSA) is 59.0 Å². The molecule has 0 spiro atoms. The summed E-state index contributed by atoms with van der Waals surface area (Å²) >= 11 is 1.09. The van der Waals surface area contributed by atoms with E-state index in [1.807, 2.05) is 13.8 Å². The number of aromatic amines is 1. The van der Waals surface area contributed by atoms with Crippen molar-refractivity contribution in [1.82, 2.24) is 15.3 Å². The highest BCUT2D eigenvalue weighted by Gasteiger charge is 2.38. The summed E-state index contributed by atoms with van der Waals surface area (Å²) in [4.78, 5) is 16.8. The Hall–Kier alpha value is -1.35. The number of H-pyrrole nitrogens is 1. The fourth-order valence-corrected chi connectivity index (χ4v) is 2.89. The predicted molar refractivity (Wildman–Crippen MR) is 68.7 cm³/mol. The predicted octanol–water partition coefficient (Wildman–Crippen LogP) is 2.12. The Labute approximate surface area is 117 Å². The van der Waals surface area contributed by atoms with Crippen molar-refractivity contribution in [1.29, 1.82) is 0 Å². The zero-order chi connectivity index (χ0) is 15.1. The fourth-order valence-electron chi connectivity index (χ4n) is 1.86. The van der Waals surface area contributed by atoms with Crippen LogP contribution < -0.4 is 11.0 Å². The van der Waals surface area contributed by atoms with Crippen molar-refractivity contribution in [3.63, 3.8) is 0 Å². The molecule has 0 radical (unpaired) electrons. The maximum Gasteiger partial charge on any atom is 0.433 e. The number of nitrogens with one attached hydrogen (secondary N) is 2. The molecule has 2 rings (SSSR count). The summed E-state index contributed by atoms with van der Waals surface area (Å²) in [5, 5.41) is 2.72. The lowest BCUT2D eigenvalue weighted by atomic mass is 10.1. The molecule has 5 nitrogen and oxygen atoms in total. The van der Waals surface area contributed by atoms with Crippen LogP contribution in [0.25, 0.3) is 0 Å². The number of aromatic nitrogens is 2. The molecule has 1 aliphatic rings. The monoisotopic (exact) mass is 309 g/mol. The Morgan fingerprint density at radius 3 is 2.60 bits per heavy atom. The summed E-state index contributed by atoms with van der Waals surface area (Å²) in [5.74, 6) is -0.0940. The van der Waals surface area contributed by atoms with Crippen molar-refractivity contribution in [2.75, 3.05) is 0 Å². The molecule has 0 atom stereocenters. The van der Waals surface area contributed by atoms with Gasteiger partial charge in [0.2, 0.25) is 0 Å². The maximum absolute atomic E-state index is 12.9. The first-order valence-electron chi connectivity index (χ1n) is 5.75. The molecular formula is C11H14F3N3O2S. The molecule has 1 aromatic rings. The molecule has 1 aliphatic heterocycles. The van der Waals surface area contributed by atoms with Gasteiger partial charge in [0.05, 0.1) is 10.6 Å². The van der Waals surface area contributed by atoms with E-state index < -0.39 is 23.0 Å². The quantitative estimate of drug-likeness (QED) is 0.898. The molecule has 2 N–H and O–H groups in total. The van der Waals surface area contributed by atoms with E-state index in [1.165, 1.54) is 0 Å². The van der Waals surface area contributed by atoms with E-state index in [1.54, 1.807) is 6.08 Å². The maximum atomic E-state index is 12.9.